The maximum Gasteiger partial charge on any atom is -0.0357 e. The van der Waals surface area contributed by atoms with Crippen LogP contribution in [0.4, 0.5) is 0 Å². The first-order valence-electron chi connectivity index (χ1n) is 7.35. The molecular weight excluding hydrogens is 252 g/mol. The molecule has 0 amide bonds. The van der Waals surface area contributed by atoms with Gasteiger partial charge in [-0.15, -0.1) is 0 Å². The van der Waals surface area contributed by atoms with Crippen molar-refractivity contribution in [1.82, 2.24) is 0 Å². The molecule has 0 heterocycles. The Morgan fingerprint density at radius 3 is 0.905 bits per heavy atom. The Hall–Kier alpha value is 0. The average molecular weight is 309 g/mol. The van der Waals surface area contributed by atoms with E-state index in [1.807, 2.05) is 0 Å². The van der Waals surface area contributed by atoms with Gasteiger partial charge in [0.15, 0.2) is 0 Å². The van der Waals surface area contributed by atoms with Crippen molar-refractivity contribution in [1.29, 1.82) is 0 Å². The first-order chi connectivity index (χ1) is 7.35. The zero-order valence-electron chi connectivity index (χ0n) is 14.7. The van der Waals surface area contributed by atoms with Gasteiger partial charge in [-0.25, -0.2) is 0 Å². The summed E-state index contributed by atoms with van der Waals surface area (Å²) in [6.45, 7) is 24.4. The standard InChI is InChI=1S/C8H18.C5H12.C4H10.4CH4/c1-5-7-8(3,4)6-2;1-5(2,3)4;1-4(2)3;;;;/h5-7H2,1-4H3;1-4H3;4H,1-3H3;4*1H4. The Balaban J connectivity index is -0.0000000270. The van der Waals surface area contributed by atoms with E-state index in [1.54, 1.807) is 0 Å². The molecule has 0 nitrogen and oxygen atoms in total. The van der Waals surface area contributed by atoms with E-state index < -0.39 is 0 Å². The first-order valence-corrected chi connectivity index (χ1v) is 7.35. The van der Waals surface area contributed by atoms with Crippen LogP contribution in [0.25, 0.3) is 0 Å². The third-order valence-electron chi connectivity index (χ3n) is 1.88. The largest absolute Gasteiger partial charge is 0.0776 e. The van der Waals surface area contributed by atoms with Gasteiger partial charge in [-0.2, -0.15) is 0 Å². The molecule has 140 valence electrons. The van der Waals surface area contributed by atoms with Crippen molar-refractivity contribution in [3.63, 3.8) is 0 Å². The van der Waals surface area contributed by atoms with Crippen molar-refractivity contribution in [2.24, 2.45) is 16.7 Å². The molecule has 0 aliphatic rings. The highest BCUT2D eigenvalue weighted by Crippen LogP contribution is 2.25. The molecule has 21 heavy (non-hydrogen) atoms. The lowest BCUT2D eigenvalue weighted by molar-refractivity contribution is 0.319. The summed E-state index contributed by atoms with van der Waals surface area (Å²) >= 11 is 0. The van der Waals surface area contributed by atoms with E-state index in [4.69, 9.17) is 0 Å². The second-order valence-corrected chi connectivity index (χ2v) is 8.00. The number of rotatable bonds is 3. The van der Waals surface area contributed by atoms with Crippen molar-refractivity contribution in [3.8, 4) is 0 Å². The summed E-state index contributed by atoms with van der Waals surface area (Å²) in [6, 6.07) is 0. The minimum Gasteiger partial charge on any atom is -0.0776 e. The Labute approximate surface area is 142 Å². The molecule has 0 aromatic heterocycles. The monoisotopic (exact) mass is 308 g/mol. The number of hydrogen-bond acceptors (Lipinski definition) is 0. The number of hydrogen-bond donors (Lipinski definition) is 0. The summed E-state index contributed by atoms with van der Waals surface area (Å²) in [5.74, 6) is 0.833. The molecule has 0 saturated heterocycles. The van der Waals surface area contributed by atoms with Crippen LogP contribution in [0.1, 0.15) is 125 Å². The quantitative estimate of drug-likeness (QED) is 0.487. The average Bonchev–Trinajstić information content (AvgIpc) is 2.00. The summed E-state index contributed by atoms with van der Waals surface area (Å²) in [5.41, 5.74) is 1.09. The van der Waals surface area contributed by atoms with E-state index in [2.05, 4.69) is 76.2 Å². The van der Waals surface area contributed by atoms with E-state index in [0.717, 1.165) is 5.92 Å². The van der Waals surface area contributed by atoms with E-state index in [9.17, 15) is 0 Å². The van der Waals surface area contributed by atoms with Crippen LogP contribution in [0, 0.1) is 16.7 Å². The minimum absolute atomic E-state index is 0. The lowest BCUT2D eigenvalue weighted by atomic mass is 9.86. The van der Waals surface area contributed by atoms with Gasteiger partial charge < -0.3 is 0 Å². The van der Waals surface area contributed by atoms with Crippen molar-refractivity contribution in [3.05, 3.63) is 0 Å². The Kier molecular flexibility index (Phi) is 45.5. The van der Waals surface area contributed by atoms with Crippen molar-refractivity contribution >= 4 is 0 Å². The third kappa shape index (κ3) is 132. The third-order valence-corrected chi connectivity index (χ3v) is 1.88. The molecule has 0 unspecified atom stereocenters. The van der Waals surface area contributed by atoms with Crippen LogP contribution in [0.5, 0.6) is 0 Å². The van der Waals surface area contributed by atoms with Crippen molar-refractivity contribution < 1.29 is 0 Å². The van der Waals surface area contributed by atoms with Crippen molar-refractivity contribution in [2.45, 2.75) is 125 Å². The Morgan fingerprint density at radius 2 is 0.857 bits per heavy atom. The maximum absolute atomic E-state index is 2.33. The molecule has 0 aromatic rings. The summed E-state index contributed by atoms with van der Waals surface area (Å²) < 4.78 is 0. The molecule has 0 atom stereocenters. The molecule has 0 aliphatic carbocycles. The molecule has 0 bridgehead atoms. The fourth-order valence-electron chi connectivity index (χ4n) is 0.854. The van der Waals surface area contributed by atoms with E-state index in [0.29, 0.717) is 10.8 Å². The van der Waals surface area contributed by atoms with E-state index in [1.165, 1.54) is 19.3 Å². The molecule has 0 saturated carbocycles. The highest BCUT2D eigenvalue weighted by molar-refractivity contribution is 4.63. The fourth-order valence-corrected chi connectivity index (χ4v) is 0.854. The van der Waals surface area contributed by atoms with Crippen LogP contribution < -0.4 is 0 Å². The van der Waals surface area contributed by atoms with Crippen LogP contribution in [-0.2, 0) is 0 Å². The van der Waals surface area contributed by atoms with Gasteiger partial charge in [0.1, 0.15) is 0 Å². The molecule has 0 aromatic carbocycles. The van der Waals surface area contributed by atoms with Gasteiger partial charge in [0.25, 0.3) is 0 Å². The second kappa shape index (κ2) is 22.3. The molecule has 0 N–H and O–H groups in total. The molecule has 0 fully saturated rings. The Morgan fingerprint density at radius 1 is 0.667 bits per heavy atom. The van der Waals surface area contributed by atoms with E-state index in [-0.39, 0.29) is 29.7 Å². The smallest absolute Gasteiger partial charge is 0.0357 e. The fraction of sp³-hybridized carbons (Fsp3) is 1.00. The van der Waals surface area contributed by atoms with Gasteiger partial charge in [-0.3, -0.25) is 0 Å². The molecule has 0 aliphatic heterocycles. The highest BCUT2D eigenvalue weighted by atomic mass is 14.2. The zero-order valence-corrected chi connectivity index (χ0v) is 14.7. The SMILES string of the molecule is C.C.C.C.CC(C)(C)C.CC(C)C.CCCC(C)(C)CC. The van der Waals surface area contributed by atoms with Gasteiger partial charge in [0.2, 0.25) is 0 Å². The molecular formula is C21H56. The minimum atomic E-state index is 0. The van der Waals surface area contributed by atoms with E-state index >= 15 is 0 Å². The maximum atomic E-state index is 2.33. The van der Waals surface area contributed by atoms with Gasteiger partial charge in [-0.05, 0) is 23.2 Å². The first kappa shape index (κ1) is 42.9. The van der Waals surface area contributed by atoms with Crippen molar-refractivity contribution in [2.75, 3.05) is 0 Å². The normalized spacial score (nSPS) is 9.14. The predicted octanol–water partition coefficient (Wildman–Crippen LogP) is 9.48. The Bertz CT molecular complexity index is 126. The molecule has 0 radical (unpaired) electrons. The molecule has 0 spiro atoms. The van der Waals surface area contributed by atoms with Gasteiger partial charge in [0.05, 0.1) is 0 Å². The molecule has 0 rings (SSSR count). The van der Waals surface area contributed by atoms with Crippen LogP contribution in [0.2, 0.25) is 0 Å². The summed E-state index contributed by atoms with van der Waals surface area (Å²) in [4.78, 5) is 0. The second-order valence-electron chi connectivity index (χ2n) is 8.00. The predicted molar refractivity (Wildman–Crippen MR) is 112 cm³/mol. The topological polar surface area (TPSA) is 0 Å². The van der Waals surface area contributed by atoms with Crippen LogP contribution in [0.3, 0.4) is 0 Å². The lowest BCUT2D eigenvalue weighted by Gasteiger charge is -2.20. The summed E-state index contributed by atoms with van der Waals surface area (Å²) in [6.07, 6.45) is 3.99. The highest BCUT2D eigenvalue weighted by Gasteiger charge is 2.11. The van der Waals surface area contributed by atoms with Crippen LogP contribution >= 0.6 is 0 Å². The summed E-state index contributed by atoms with van der Waals surface area (Å²) in [5, 5.41) is 0. The zero-order chi connectivity index (χ0) is 14.7. The lowest BCUT2D eigenvalue weighted by Crippen LogP contribution is -2.07. The van der Waals surface area contributed by atoms with Gasteiger partial charge in [-0.1, -0.05) is 119 Å². The van der Waals surface area contributed by atoms with Crippen LogP contribution in [0.15, 0.2) is 0 Å². The van der Waals surface area contributed by atoms with Gasteiger partial charge >= 0.3 is 0 Å². The van der Waals surface area contributed by atoms with Crippen LogP contribution in [-0.4, -0.2) is 0 Å². The van der Waals surface area contributed by atoms with Gasteiger partial charge in [0, 0.05) is 0 Å². The molecule has 0 heteroatoms. The summed E-state index contributed by atoms with van der Waals surface area (Å²) in [7, 11) is 0.